The number of piperidine rings is 1. The van der Waals surface area contributed by atoms with Crippen LogP contribution in [0.15, 0.2) is 54.5 Å². The molecule has 3 aromatic rings. The van der Waals surface area contributed by atoms with Gasteiger partial charge in [-0.3, -0.25) is 0 Å². The van der Waals surface area contributed by atoms with Gasteiger partial charge in [0, 0.05) is 30.9 Å². The second-order valence-electron chi connectivity index (χ2n) is 10.0. The smallest absolute Gasteiger partial charge is 0.410 e. The second kappa shape index (κ2) is 8.79. The molecule has 1 fully saturated rings. The molecule has 1 aliphatic carbocycles. The first kappa shape index (κ1) is 23.0. The summed E-state index contributed by atoms with van der Waals surface area (Å²) in [4.78, 5) is 23.1. The molecule has 0 spiro atoms. The Morgan fingerprint density at radius 2 is 1.91 bits per heavy atom. The molecule has 3 heterocycles. The van der Waals surface area contributed by atoms with Crippen molar-refractivity contribution >= 4 is 12.2 Å². The molecule has 0 bridgehead atoms. The van der Waals surface area contributed by atoms with Gasteiger partial charge in [0.1, 0.15) is 18.0 Å². The molecule has 2 aliphatic rings. The lowest BCUT2D eigenvalue weighted by molar-refractivity contribution is 0.00696. The number of nitrogens with zero attached hydrogens (tertiary/aromatic N) is 5. The van der Waals surface area contributed by atoms with Crippen LogP contribution in [-0.4, -0.2) is 56.0 Å². The number of aromatic nitrogens is 4. The number of fused-ring (bicyclic) bond motifs is 2. The summed E-state index contributed by atoms with van der Waals surface area (Å²) in [6.07, 6.45) is 8.20. The van der Waals surface area contributed by atoms with E-state index in [4.69, 9.17) is 9.47 Å². The van der Waals surface area contributed by atoms with Crippen LogP contribution in [0.25, 0.3) is 11.8 Å². The lowest BCUT2D eigenvalue weighted by Crippen LogP contribution is -2.53. The predicted molar refractivity (Wildman–Crippen MR) is 128 cm³/mol. The van der Waals surface area contributed by atoms with E-state index in [2.05, 4.69) is 21.1 Å². The number of hydrogen-bond acceptors (Lipinski definition) is 6. The average Bonchev–Trinajstić information content (AvgIpc) is 3.23. The lowest BCUT2D eigenvalue weighted by atomic mass is 9.69. The third kappa shape index (κ3) is 4.76. The van der Waals surface area contributed by atoms with Gasteiger partial charge >= 0.3 is 12.1 Å². The summed E-state index contributed by atoms with van der Waals surface area (Å²) in [5.74, 6) is -0.290. The van der Waals surface area contributed by atoms with Gasteiger partial charge in [-0.25, -0.2) is 23.8 Å². The van der Waals surface area contributed by atoms with Crippen LogP contribution in [0.4, 0.5) is 9.18 Å². The van der Waals surface area contributed by atoms with Crippen molar-refractivity contribution in [1.29, 1.82) is 0 Å². The van der Waals surface area contributed by atoms with Gasteiger partial charge in [-0.2, -0.15) is 5.10 Å². The fourth-order valence-electron chi connectivity index (χ4n) is 4.70. The van der Waals surface area contributed by atoms with E-state index in [0.717, 1.165) is 16.9 Å². The maximum atomic E-state index is 13.5. The Morgan fingerprint density at radius 1 is 1.17 bits per heavy atom. The Morgan fingerprint density at radius 3 is 2.63 bits per heavy atom. The van der Waals surface area contributed by atoms with Crippen molar-refractivity contribution < 1.29 is 18.7 Å². The summed E-state index contributed by atoms with van der Waals surface area (Å²) in [7, 11) is 0. The summed E-state index contributed by atoms with van der Waals surface area (Å²) in [6.45, 7) is 6.89. The molecule has 1 saturated heterocycles. The number of amides is 1. The van der Waals surface area contributed by atoms with E-state index < -0.39 is 11.0 Å². The Labute approximate surface area is 203 Å². The second-order valence-corrected chi connectivity index (χ2v) is 10.0. The zero-order valence-electron chi connectivity index (χ0n) is 20.1. The zero-order valence-corrected chi connectivity index (χ0v) is 20.1. The molecule has 35 heavy (non-hydrogen) atoms. The van der Waals surface area contributed by atoms with E-state index in [1.807, 2.05) is 31.6 Å². The highest BCUT2D eigenvalue weighted by Gasteiger charge is 2.46. The molecule has 2 aromatic heterocycles. The molecule has 182 valence electrons. The Hall–Kier alpha value is -3.75. The van der Waals surface area contributed by atoms with E-state index in [1.54, 1.807) is 35.5 Å². The van der Waals surface area contributed by atoms with Crippen LogP contribution in [-0.2, 0) is 11.2 Å². The molecule has 0 radical (unpaired) electrons. The fraction of sp³-hybridized carbons (Fsp3) is 0.385. The number of halogens is 1. The number of benzene rings is 1. The van der Waals surface area contributed by atoms with Crippen LogP contribution < -0.4 is 4.74 Å². The third-order valence-corrected chi connectivity index (χ3v) is 6.29. The average molecular weight is 478 g/mol. The van der Waals surface area contributed by atoms with E-state index >= 15 is 0 Å². The first-order valence-electron chi connectivity index (χ1n) is 11.6. The fourth-order valence-corrected chi connectivity index (χ4v) is 4.70. The van der Waals surface area contributed by atoms with Gasteiger partial charge in [0.2, 0.25) is 0 Å². The van der Waals surface area contributed by atoms with Crippen LogP contribution in [0.2, 0.25) is 0 Å². The van der Waals surface area contributed by atoms with Gasteiger partial charge in [-0.15, -0.1) is 0 Å². The number of ether oxygens (including phenoxy) is 2. The van der Waals surface area contributed by atoms with E-state index in [0.29, 0.717) is 38.5 Å². The van der Waals surface area contributed by atoms with Gasteiger partial charge in [0.05, 0.1) is 17.6 Å². The minimum atomic E-state index is -0.579. The lowest BCUT2D eigenvalue weighted by Gasteiger charge is -2.46. The monoisotopic (exact) mass is 477 g/mol. The van der Waals surface area contributed by atoms with Crippen molar-refractivity contribution in [3.63, 3.8) is 0 Å². The van der Waals surface area contributed by atoms with Crippen molar-refractivity contribution in [3.8, 4) is 11.7 Å². The Bertz CT molecular complexity index is 1250. The van der Waals surface area contributed by atoms with Gasteiger partial charge < -0.3 is 14.4 Å². The van der Waals surface area contributed by atoms with Gasteiger partial charge in [-0.1, -0.05) is 5.57 Å². The van der Waals surface area contributed by atoms with Gasteiger partial charge in [0.15, 0.2) is 0 Å². The maximum Gasteiger partial charge on any atom is 0.410 e. The summed E-state index contributed by atoms with van der Waals surface area (Å²) < 4.78 is 27.0. The molecule has 5 rings (SSSR count). The first-order chi connectivity index (χ1) is 16.7. The Kier molecular flexibility index (Phi) is 5.78. The van der Waals surface area contributed by atoms with Crippen LogP contribution in [0.1, 0.15) is 38.4 Å². The molecule has 8 nitrogen and oxygen atoms in total. The number of carbonyl (C=O) groups is 1. The number of carbonyl (C=O) groups excluding carboxylic acids is 1. The van der Waals surface area contributed by atoms with E-state index in [1.165, 1.54) is 17.7 Å². The molecule has 1 amide bonds. The summed E-state index contributed by atoms with van der Waals surface area (Å²) in [5.41, 5.74) is 2.90. The quantitative estimate of drug-likeness (QED) is 0.552. The summed E-state index contributed by atoms with van der Waals surface area (Å²) in [6, 6.07) is 8.31. The SMILES string of the molecule is CC(C)(C)OC(=O)N1CCC2=Cc3c(cnn3-c3ccc(F)cc3)C[C@]2(COc2ncccn2)C1. The minimum absolute atomic E-state index is 0.290. The normalized spacial score (nSPS) is 19.4. The predicted octanol–water partition coefficient (Wildman–Crippen LogP) is 4.45. The van der Waals surface area contributed by atoms with Crippen molar-refractivity contribution in [2.24, 2.45) is 5.41 Å². The van der Waals surface area contributed by atoms with Crippen LogP contribution in [0, 0.1) is 11.2 Å². The minimum Gasteiger partial charge on any atom is -0.462 e. The van der Waals surface area contributed by atoms with Crippen molar-refractivity contribution in [2.45, 2.75) is 39.2 Å². The van der Waals surface area contributed by atoms with Crippen molar-refractivity contribution in [2.75, 3.05) is 19.7 Å². The van der Waals surface area contributed by atoms with Crippen LogP contribution in [0.5, 0.6) is 6.01 Å². The molecule has 1 aliphatic heterocycles. The number of hydrogen-bond donors (Lipinski definition) is 0. The molecule has 1 aromatic carbocycles. The highest BCUT2D eigenvalue weighted by molar-refractivity contribution is 5.70. The Balaban J connectivity index is 1.48. The van der Waals surface area contributed by atoms with Gasteiger partial charge in [-0.05, 0) is 75.6 Å². The number of rotatable bonds is 4. The maximum absolute atomic E-state index is 13.5. The number of likely N-dealkylation sites (tertiary alicyclic amines) is 1. The third-order valence-electron chi connectivity index (χ3n) is 6.29. The highest BCUT2D eigenvalue weighted by atomic mass is 19.1. The molecule has 0 saturated carbocycles. The molecule has 1 atom stereocenters. The van der Waals surface area contributed by atoms with Crippen molar-refractivity contribution in [1.82, 2.24) is 24.6 Å². The molecule has 0 unspecified atom stereocenters. The topological polar surface area (TPSA) is 82.4 Å². The van der Waals surface area contributed by atoms with Crippen LogP contribution in [0.3, 0.4) is 0 Å². The summed E-state index contributed by atoms with van der Waals surface area (Å²) in [5, 5.41) is 4.59. The van der Waals surface area contributed by atoms with E-state index in [9.17, 15) is 9.18 Å². The van der Waals surface area contributed by atoms with E-state index in [-0.39, 0.29) is 11.9 Å². The standard InChI is InChI=1S/C26H28FN5O3/c1-25(2,3)35-24(33)31-12-9-19-13-22-18(15-30-32(22)21-7-5-20(27)6-8-21)14-26(19,16-31)17-34-23-28-10-4-11-29-23/h4-8,10-11,13,15H,9,12,14,16-17H2,1-3H3/t26-/m1/s1. The van der Waals surface area contributed by atoms with Gasteiger partial charge in [0.25, 0.3) is 0 Å². The first-order valence-corrected chi connectivity index (χ1v) is 11.6. The highest BCUT2D eigenvalue weighted by Crippen LogP contribution is 2.44. The molecular formula is C26H28FN5O3. The van der Waals surface area contributed by atoms with Crippen LogP contribution >= 0.6 is 0 Å². The summed E-state index contributed by atoms with van der Waals surface area (Å²) >= 11 is 0. The zero-order chi connectivity index (χ0) is 24.6. The largest absolute Gasteiger partial charge is 0.462 e. The molecule has 9 heteroatoms. The molecular weight excluding hydrogens is 449 g/mol. The molecule has 0 N–H and O–H groups in total. The van der Waals surface area contributed by atoms with Crippen molar-refractivity contribution in [3.05, 3.63) is 71.6 Å².